The maximum absolute atomic E-state index is 10.7. The van der Waals surface area contributed by atoms with Crippen molar-refractivity contribution in [3.63, 3.8) is 0 Å². The summed E-state index contributed by atoms with van der Waals surface area (Å²) in [6.45, 7) is 2.98. The van der Waals surface area contributed by atoms with E-state index in [0.29, 0.717) is 12.3 Å². The molecule has 0 aromatic heterocycles. The van der Waals surface area contributed by atoms with E-state index in [2.05, 4.69) is 12.7 Å². The Kier molecular flexibility index (Phi) is 3.31. The van der Waals surface area contributed by atoms with Gasteiger partial charge in [0.1, 0.15) is 0 Å². The van der Waals surface area contributed by atoms with Crippen LogP contribution < -0.4 is 5.73 Å². The van der Waals surface area contributed by atoms with Crippen LogP contribution in [0.15, 0.2) is 0 Å². The molecule has 76 valence electrons. The average molecular weight is 186 g/mol. The number of rotatable bonds is 3. The van der Waals surface area contributed by atoms with E-state index in [4.69, 9.17) is 5.11 Å². The summed E-state index contributed by atoms with van der Waals surface area (Å²) in [7, 11) is 0. The van der Waals surface area contributed by atoms with Crippen LogP contribution in [0.3, 0.4) is 0 Å². The van der Waals surface area contributed by atoms with E-state index in [9.17, 15) is 4.79 Å². The number of hydrogen-bond donors (Lipinski definition) is 2. The quantitative estimate of drug-likeness (QED) is 0.687. The lowest BCUT2D eigenvalue weighted by Crippen LogP contribution is -2.59. The number of carboxylic acids is 1. The minimum Gasteiger partial charge on any atom is -0.481 e. The van der Waals surface area contributed by atoms with Crippen LogP contribution in [-0.2, 0) is 4.79 Å². The molecule has 0 spiro atoms. The fraction of sp³-hybridized carbons (Fsp3) is 0.900. The monoisotopic (exact) mass is 186 g/mol. The number of aliphatic carboxylic acids is 1. The molecule has 1 fully saturated rings. The molecule has 0 saturated heterocycles. The smallest absolute Gasteiger partial charge is 0.304 e. The van der Waals surface area contributed by atoms with Crippen LogP contribution in [0, 0.1) is 11.3 Å². The zero-order valence-corrected chi connectivity index (χ0v) is 8.38. The van der Waals surface area contributed by atoms with Gasteiger partial charge in [0.05, 0.1) is 13.0 Å². The number of carbonyl (C=O) groups is 1. The molecule has 0 heterocycles. The molecule has 1 aliphatic rings. The van der Waals surface area contributed by atoms with Gasteiger partial charge in [0.15, 0.2) is 0 Å². The van der Waals surface area contributed by atoms with Gasteiger partial charge in [-0.25, -0.2) is 0 Å². The van der Waals surface area contributed by atoms with Crippen LogP contribution in [0.1, 0.15) is 39.0 Å². The van der Waals surface area contributed by atoms with Gasteiger partial charge in [-0.2, -0.15) is 0 Å². The van der Waals surface area contributed by atoms with Gasteiger partial charge in [-0.3, -0.25) is 4.79 Å². The van der Waals surface area contributed by atoms with Gasteiger partial charge < -0.3 is 10.8 Å². The first-order chi connectivity index (χ1) is 6.08. The molecule has 4 N–H and O–H groups in total. The van der Waals surface area contributed by atoms with Crippen molar-refractivity contribution < 1.29 is 15.6 Å². The zero-order chi connectivity index (χ0) is 9.90. The van der Waals surface area contributed by atoms with Gasteiger partial charge >= 0.3 is 5.97 Å². The summed E-state index contributed by atoms with van der Waals surface area (Å²) >= 11 is 0. The topological polar surface area (TPSA) is 64.9 Å². The second kappa shape index (κ2) is 4.09. The fourth-order valence-electron chi connectivity index (χ4n) is 2.57. The molecule has 0 amide bonds. The largest absolute Gasteiger partial charge is 0.481 e. The van der Waals surface area contributed by atoms with E-state index >= 15 is 0 Å². The normalized spacial score (nSPS) is 34.5. The Morgan fingerprint density at radius 2 is 2.38 bits per heavy atom. The van der Waals surface area contributed by atoms with E-state index in [0.717, 1.165) is 19.4 Å². The highest BCUT2D eigenvalue weighted by molar-refractivity contribution is 5.67. The highest BCUT2D eigenvalue weighted by Crippen LogP contribution is 2.40. The van der Waals surface area contributed by atoms with Crippen LogP contribution in [0.4, 0.5) is 0 Å². The molecule has 2 atom stereocenters. The SMILES string of the molecule is C[C@H]1CCC[C@@](C[NH3+])(CC(=O)O)C1. The van der Waals surface area contributed by atoms with Gasteiger partial charge in [0, 0.05) is 5.41 Å². The Hall–Kier alpha value is -0.570. The lowest BCUT2D eigenvalue weighted by molar-refractivity contribution is -0.396. The molecule has 0 aliphatic heterocycles. The first-order valence-electron chi connectivity index (χ1n) is 5.09. The number of carboxylic acid groups (broad SMARTS) is 1. The highest BCUT2D eigenvalue weighted by Gasteiger charge is 2.37. The van der Waals surface area contributed by atoms with Gasteiger partial charge in [0.2, 0.25) is 0 Å². The minimum atomic E-state index is -0.669. The van der Waals surface area contributed by atoms with E-state index in [1.165, 1.54) is 12.8 Å². The molecule has 0 unspecified atom stereocenters. The average Bonchev–Trinajstić information content (AvgIpc) is 2.03. The molecule has 0 bridgehead atoms. The van der Waals surface area contributed by atoms with Crippen molar-refractivity contribution in [1.82, 2.24) is 0 Å². The Bertz CT molecular complexity index is 193. The molecule has 3 heteroatoms. The van der Waals surface area contributed by atoms with Gasteiger partial charge in [-0.15, -0.1) is 0 Å². The van der Waals surface area contributed by atoms with Gasteiger partial charge in [-0.05, 0) is 18.8 Å². The molecule has 1 rings (SSSR count). The van der Waals surface area contributed by atoms with E-state index in [1.54, 1.807) is 0 Å². The van der Waals surface area contributed by atoms with Crippen molar-refractivity contribution in [3.8, 4) is 0 Å². The highest BCUT2D eigenvalue weighted by atomic mass is 16.4. The lowest BCUT2D eigenvalue weighted by Gasteiger charge is -2.36. The molecule has 1 saturated carbocycles. The molecule has 0 aromatic rings. The Morgan fingerprint density at radius 3 is 2.85 bits per heavy atom. The summed E-state index contributed by atoms with van der Waals surface area (Å²) in [4.78, 5) is 10.7. The first kappa shape index (κ1) is 10.5. The Balaban J connectivity index is 2.61. The molecule has 0 radical (unpaired) electrons. The Morgan fingerprint density at radius 1 is 1.69 bits per heavy atom. The van der Waals surface area contributed by atoms with Crippen LogP contribution in [-0.4, -0.2) is 17.6 Å². The first-order valence-corrected chi connectivity index (χ1v) is 5.09. The van der Waals surface area contributed by atoms with Crippen LogP contribution in [0.5, 0.6) is 0 Å². The van der Waals surface area contributed by atoms with Crippen molar-refractivity contribution >= 4 is 5.97 Å². The van der Waals surface area contributed by atoms with Gasteiger partial charge in [-0.1, -0.05) is 19.8 Å². The van der Waals surface area contributed by atoms with Crippen LogP contribution >= 0.6 is 0 Å². The Labute approximate surface area is 79.3 Å². The minimum absolute atomic E-state index is 0.00347. The van der Waals surface area contributed by atoms with Crippen molar-refractivity contribution in [2.75, 3.05) is 6.54 Å². The standard InChI is InChI=1S/C10H19NO2/c1-8-3-2-4-10(5-8,7-11)6-9(12)13/h8H,2-7,11H2,1H3,(H,12,13)/p+1/t8-,10-/m0/s1. The molecule has 13 heavy (non-hydrogen) atoms. The fourth-order valence-corrected chi connectivity index (χ4v) is 2.57. The van der Waals surface area contributed by atoms with Crippen molar-refractivity contribution in [2.45, 2.75) is 39.0 Å². The predicted molar refractivity (Wildman–Crippen MR) is 50.1 cm³/mol. The number of quaternary nitrogens is 1. The third-order valence-corrected chi connectivity index (χ3v) is 3.24. The zero-order valence-electron chi connectivity index (χ0n) is 8.38. The molecular weight excluding hydrogens is 166 g/mol. The van der Waals surface area contributed by atoms with Crippen LogP contribution in [0.25, 0.3) is 0 Å². The van der Waals surface area contributed by atoms with E-state index in [1.807, 2.05) is 0 Å². The second-order valence-electron chi connectivity index (χ2n) is 4.52. The third kappa shape index (κ3) is 2.69. The summed E-state index contributed by atoms with van der Waals surface area (Å²) < 4.78 is 0. The summed E-state index contributed by atoms with van der Waals surface area (Å²) in [5.41, 5.74) is 3.91. The molecule has 0 aromatic carbocycles. The van der Waals surface area contributed by atoms with E-state index < -0.39 is 5.97 Å². The molecule has 1 aliphatic carbocycles. The predicted octanol–water partition coefficient (Wildman–Crippen LogP) is 0.899. The maximum atomic E-state index is 10.7. The third-order valence-electron chi connectivity index (χ3n) is 3.24. The van der Waals surface area contributed by atoms with Crippen molar-refractivity contribution in [3.05, 3.63) is 0 Å². The van der Waals surface area contributed by atoms with Crippen molar-refractivity contribution in [1.29, 1.82) is 0 Å². The maximum Gasteiger partial charge on any atom is 0.304 e. The summed E-state index contributed by atoms with van der Waals surface area (Å²) in [6.07, 6.45) is 4.82. The second-order valence-corrected chi connectivity index (χ2v) is 4.52. The van der Waals surface area contributed by atoms with Crippen LogP contribution in [0.2, 0.25) is 0 Å². The van der Waals surface area contributed by atoms with Crippen molar-refractivity contribution in [2.24, 2.45) is 11.3 Å². The lowest BCUT2D eigenvalue weighted by atomic mass is 9.68. The van der Waals surface area contributed by atoms with Gasteiger partial charge in [0.25, 0.3) is 0 Å². The summed E-state index contributed by atoms with van der Waals surface area (Å²) in [5, 5.41) is 8.82. The van der Waals surface area contributed by atoms with E-state index in [-0.39, 0.29) is 5.41 Å². The molecule has 3 nitrogen and oxygen atoms in total. The summed E-state index contributed by atoms with van der Waals surface area (Å²) in [5.74, 6) is 0.00704. The number of hydrogen-bond acceptors (Lipinski definition) is 1. The molecular formula is C10H20NO2+. The summed E-state index contributed by atoms with van der Waals surface area (Å²) in [6, 6.07) is 0.